The third-order valence-electron chi connectivity index (χ3n) is 6.43. The van der Waals surface area contributed by atoms with Crippen molar-refractivity contribution in [3.05, 3.63) is 35.3 Å². The minimum atomic E-state index is -1.05. The molecule has 2 fully saturated rings. The van der Waals surface area contributed by atoms with E-state index in [1.54, 1.807) is 0 Å². The number of hydrogen-bond acceptors (Lipinski definition) is 8. The van der Waals surface area contributed by atoms with E-state index < -0.39 is 12.0 Å². The molecular weight excluding hydrogens is 450 g/mol. The van der Waals surface area contributed by atoms with Crippen molar-refractivity contribution in [3.8, 4) is 0 Å². The Hall–Kier alpha value is -3.47. The molecule has 0 bridgehead atoms. The number of carboxylic acid groups (broad SMARTS) is 1. The van der Waals surface area contributed by atoms with E-state index in [-0.39, 0.29) is 17.5 Å². The summed E-state index contributed by atoms with van der Waals surface area (Å²) in [6, 6.07) is 3.75. The fourth-order valence-corrected chi connectivity index (χ4v) is 4.53. The van der Waals surface area contributed by atoms with Gasteiger partial charge in [-0.15, -0.1) is 0 Å². The van der Waals surface area contributed by atoms with Crippen molar-refractivity contribution in [2.75, 3.05) is 36.5 Å². The van der Waals surface area contributed by atoms with E-state index in [4.69, 9.17) is 20.6 Å². The van der Waals surface area contributed by atoms with Crippen LogP contribution in [0.25, 0.3) is 0 Å². The zero-order valence-electron chi connectivity index (χ0n) is 20.2. The number of rotatable bonds is 7. The van der Waals surface area contributed by atoms with Crippen LogP contribution in [0.1, 0.15) is 73.1 Å². The maximum Gasteiger partial charge on any atom is 0.404 e. The Morgan fingerprint density at radius 1 is 1.20 bits per heavy atom. The van der Waals surface area contributed by atoms with Crippen LogP contribution in [0.4, 0.5) is 22.2 Å². The highest BCUT2D eigenvalue weighted by molar-refractivity contribution is 5.98. The number of nitrogens with one attached hydrogen (secondary N) is 2. The van der Waals surface area contributed by atoms with Crippen LogP contribution in [0.15, 0.2) is 18.3 Å². The standard InChI is InChI=1S/C24H33N7O4/c1-14(2)19-10-17(11-20(29-19)15-5-8-35-9-6-15)27-22-18(21(25)32)12-26-23(30-22)31-7-3-4-16(13-31)28-24(33)34/h10-12,14-16,28H,3-9,13H2,1-2H3,(H2,25,32)(H,33,34)(H,26,27,29,30). The number of carbonyl (C=O) groups is 2. The summed E-state index contributed by atoms with van der Waals surface area (Å²) in [4.78, 5) is 39.0. The van der Waals surface area contributed by atoms with Crippen molar-refractivity contribution in [1.82, 2.24) is 20.3 Å². The smallest absolute Gasteiger partial charge is 0.404 e. The predicted octanol–water partition coefficient (Wildman–Crippen LogP) is 2.97. The van der Waals surface area contributed by atoms with Gasteiger partial charge in [-0.1, -0.05) is 13.8 Å². The third kappa shape index (κ3) is 6.16. The number of amides is 2. The topological polar surface area (TPSA) is 156 Å². The normalized spacial score (nSPS) is 18.9. The average Bonchev–Trinajstić information content (AvgIpc) is 2.84. The van der Waals surface area contributed by atoms with Crippen LogP contribution in [0, 0.1) is 0 Å². The van der Waals surface area contributed by atoms with E-state index in [2.05, 4.69) is 34.4 Å². The van der Waals surface area contributed by atoms with E-state index in [1.165, 1.54) is 6.20 Å². The van der Waals surface area contributed by atoms with Gasteiger partial charge in [0.1, 0.15) is 11.4 Å². The maximum absolute atomic E-state index is 12.1. The number of carbonyl (C=O) groups excluding carboxylic acids is 1. The molecule has 0 aromatic carbocycles. The number of nitrogens with zero attached hydrogens (tertiary/aromatic N) is 4. The van der Waals surface area contributed by atoms with Crippen molar-refractivity contribution >= 4 is 29.5 Å². The molecule has 2 aliphatic rings. The molecule has 5 N–H and O–H groups in total. The first kappa shape index (κ1) is 24.6. The van der Waals surface area contributed by atoms with E-state index in [1.807, 2.05) is 17.0 Å². The van der Waals surface area contributed by atoms with Gasteiger partial charge in [-0.3, -0.25) is 9.78 Å². The van der Waals surface area contributed by atoms with Gasteiger partial charge in [0.2, 0.25) is 5.95 Å². The number of pyridine rings is 1. The minimum Gasteiger partial charge on any atom is -0.465 e. The number of ether oxygens (including phenoxy) is 1. The number of nitrogens with two attached hydrogens (primary N) is 1. The van der Waals surface area contributed by atoms with E-state index in [0.717, 1.165) is 56.0 Å². The molecule has 188 valence electrons. The molecule has 11 heteroatoms. The highest BCUT2D eigenvalue weighted by Gasteiger charge is 2.25. The molecule has 1 atom stereocenters. The Morgan fingerprint density at radius 3 is 2.66 bits per heavy atom. The maximum atomic E-state index is 12.1. The largest absolute Gasteiger partial charge is 0.465 e. The Morgan fingerprint density at radius 2 is 1.97 bits per heavy atom. The molecule has 1 unspecified atom stereocenters. The zero-order chi connectivity index (χ0) is 24.9. The van der Waals surface area contributed by atoms with Gasteiger partial charge in [0.15, 0.2) is 0 Å². The minimum absolute atomic E-state index is 0.182. The summed E-state index contributed by atoms with van der Waals surface area (Å²) in [5, 5.41) is 14.9. The van der Waals surface area contributed by atoms with Crippen LogP contribution in [-0.4, -0.2) is 64.4 Å². The monoisotopic (exact) mass is 483 g/mol. The van der Waals surface area contributed by atoms with E-state index in [9.17, 15) is 9.59 Å². The van der Waals surface area contributed by atoms with Gasteiger partial charge in [-0.2, -0.15) is 4.98 Å². The van der Waals surface area contributed by atoms with Crippen LogP contribution in [0.2, 0.25) is 0 Å². The molecule has 4 rings (SSSR count). The van der Waals surface area contributed by atoms with Gasteiger partial charge in [-0.05, 0) is 43.7 Å². The van der Waals surface area contributed by atoms with E-state index in [0.29, 0.717) is 30.8 Å². The Balaban J connectivity index is 1.64. The van der Waals surface area contributed by atoms with Gasteiger partial charge in [0, 0.05) is 61.5 Å². The van der Waals surface area contributed by atoms with Crippen molar-refractivity contribution in [2.45, 2.75) is 57.4 Å². The van der Waals surface area contributed by atoms with Gasteiger partial charge >= 0.3 is 6.09 Å². The molecule has 4 heterocycles. The molecule has 2 amide bonds. The molecule has 0 saturated carbocycles. The highest BCUT2D eigenvalue weighted by Crippen LogP contribution is 2.31. The van der Waals surface area contributed by atoms with Crippen LogP contribution in [0.5, 0.6) is 0 Å². The Bertz CT molecular complexity index is 1070. The second-order valence-electron chi connectivity index (χ2n) is 9.40. The Labute approximate surface area is 204 Å². The van der Waals surface area contributed by atoms with Crippen molar-refractivity contribution in [1.29, 1.82) is 0 Å². The van der Waals surface area contributed by atoms with Crippen molar-refractivity contribution in [2.24, 2.45) is 5.73 Å². The summed E-state index contributed by atoms with van der Waals surface area (Å²) in [6.07, 6.45) is 3.74. The molecule has 0 radical (unpaired) electrons. The van der Waals surface area contributed by atoms with Gasteiger partial charge in [0.25, 0.3) is 5.91 Å². The fourth-order valence-electron chi connectivity index (χ4n) is 4.53. The second kappa shape index (κ2) is 10.9. The number of aromatic nitrogens is 3. The molecule has 2 aromatic rings. The summed E-state index contributed by atoms with van der Waals surface area (Å²) in [7, 11) is 0. The summed E-state index contributed by atoms with van der Waals surface area (Å²) in [6.45, 7) is 6.76. The number of piperidine rings is 1. The first-order valence-electron chi connectivity index (χ1n) is 12.1. The summed E-state index contributed by atoms with van der Waals surface area (Å²) in [5.41, 5.74) is 8.53. The predicted molar refractivity (Wildman–Crippen MR) is 131 cm³/mol. The molecular formula is C24H33N7O4. The number of anilines is 3. The molecule has 0 spiro atoms. The zero-order valence-corrected chi connectivity index (χ0v) is 20.2. The lowest BCUT2D eigenvalue weighted by molar-refractivity contribution is 0.0844. The van der Waals surface area contributed by atoms with Gasteiger partial charge in [-0.25, -0.2) is 9.78 Å². The summed E-state index contributed by atoms with van der Waals surface area (Å²) >= 11 is 0. The quantitative estimate of drug-likeness (QED) is 0.465. The van der Waals surface area contributed by atoms with Crippen LogP contribution < -0.4 is 21.3 Å². The summed E-state index contributed by atoms with van der Waals surface area (Å²) in [5.74, 6) is 0.628. The molecule has 35 heavy (non-hydrogen) atoms. The summed E-state index contributed by atoms with van der Waals surface area (Å²) < 4.78 is 5.51. The lowest BCUT2D eigenvalue weighted by Gasteiger charge is -2.32. The Kier molecular flexibility index (Phi) is 7.64. The highest BCUT2D eigenvalue weighted by atomic mass is 16.5. The van der Waals surface area contributed by atoms with Crippen molar-refractivity contribution in [3.63, 3.8) is 0 Å². The van der Waals surface area contributed by atoms with Crippen LogP contribution >= 0.6 is 0 Å². The first-order chi connectivity index (χ1) is 16.8. The molecule has 11 nitrogen and oxygen atoms in total. The van der Waals surface area contributed by atoms with Crippen LogP contribution in [0.3, 0.4) is 0 Å². The fraction of sp³-hybridized carbons (Fsp3) is 0.542. The SMILES string of the molecule is CC(C)c1cc(Nc2nc(N3CCCC(NC(=O)O)C3)ncc2C(N)=O)cc(C2CCOCC2)n1. The van der Waals surface area contributed by atoms with E-state index >= 15 is 0 Å². The first-order valence-corrected chi connectivity index (χ1v) is 12.1. The van der Waals surface area contributed by atoms with Gasteiger partial charge < -0.3 is 31.1 Å². The van der Waals surface area contributed by atoms with Gasteiger partial charge in [0.05, 0.1) is 0 Å². The molecule has 2 aliphatic heterocycles. The average molecular weight is 484 g/mol. The number of primary amides is 1. The second-order valence-corrected chi connectivity index (χ2v) is 9.40. The third-order valence-corrected chi connectivity index (χ3v) is 6.43. The molecule has 0 aliphatic carbocycles. The molecule has 2 aromatic heterocycles. The van der Waals surface area contributed by atoms with Crippen molar-refractivity contribution < 1.29 is 19.4 Å². The number of hydrogen-bond donors (Lipinski definition) is 4. The lowest BCUT2D eigenvalue weighted by atomic mass is 9.94. The lowest BCUT2D eigenvalue weighted by Crippen LogP contribution is -2.48. The molecule has 2 saturated heterocycles. The van der Waals surface area contributed by atoms with Crippen LogP contribution in [-0.2, 0) is 4.74 Å².